The maximum Gasteiger partial charge on any atom is 0.125 e. The monoisotopic (exact) mass is 366 g/mol. The highest BCUT2D eigenvalue weighted by molar-refractivity contribution is 9.10. The number of fused-ring (bicyclic) bond motifs is 2. The summed E-state index contributed by atoms with van der Waals surface area (Å²) in [7, 11) is 0. The van der Waals surface area contributed by atoms with Crippen molar-refractivity contribution in [1.82, 2.24) is 4.98 Å². The quantitative estimate of drug-likeness (QED) is 0.438. The van der Waals surface area contributed by atoms with Crippen LogP contribution in [0.2, 0.25) is 0 Å². The third-order valence-electron chi connectivity index (χ3n) is 3.74. The van der Waals surface area contributed by atoms with Crippen LogP contribution in [0.1, 0.15) is 0 Å². The van der Waals surface area contributed by atoms with E-state index in [-0.39, 0.29) is 5.82 Å². The lowest BCUT2D eigenvalue weighted by molar-refractivity contribution is 0.628. The van der Waals surface area contributed by atoms with Gasteiger partial charge < -0.3 is 5.32 Å². The Bertz CT molecular complexity index is 1030. The molecule has 4 rings (SSSR count). The third kappa shape index (κ3) is 2.66. The lowest BCUT2D eigenvalue weighted by Crippen LogP contribution is -1.95. The minimum atomic E-state index is -0.265. The van der Waals surface area contributed by atoms with Crippen molar-refractivity contribution in [1.29, 1.82) is 0 Å². The molecule has 0 atom stereocenters. The van der Waals surface area contributed by atoms with Crippen LogP contribution in [0.4, 0.5) is 15.8 Å². The zero-order chi connectivity index (χ0) is 15.8. The first kappa shape index (κ1) is 14.2. The van der Waals surface area contributed by atoms with Gasteiger partial charge in [-0.25, -0.2) is 9.37 Å². The highest BCUT2D eigenvalue weighted by Crippen LogP contribution is 2.34. The first-order valence-electron chi connectivity index (χ1n) is 7.21. The molecule has 112 valence electrons. The Morgan fingerprint density at radius 3 is 2.52 bits per heavy atom. The number of aromatic nitrogens is 1. The first-order chi connectivity index (χ1) is 11.2. The Morgan fingerprint density at radius 1 is 0.826 bits per heavy atom. The van der Waals surface area contributed by atoms with Crippen LogP contribution < -0.4 is 5.32 Å². The van der Waals surface area contributed by atoms with Gasteiger partial charge in [0.15, 0.2) is 0 Å². The van der Waals surface area contributed by atoms with Crippen LogP contribution >= 0.6 is 15.9 Å². The SMILES string of the molecule is Fc1cccc(Nc2c3ccccc3nc3ccc(Br)cc23)c1. The molecular formula is C19H12BrFN2. The number of para-hydroxylation sites is 1. The molecule has 1 N–H and O–H groups in total. The van der Waals surface area contributed by atoms with E-state index in [0.717, 1.165) is 32.0 Å². The van der Waals surface area contributed by atoms with E-state index in [0.29, 0.717) is 5.69 Å². The fourth-order valence-electron chi connectivity index (χ4n) is 2.71. The zero-order valence-electron chi connectivity index (χ0n) is 12.1. The molecule has 1 aromatic heterocycles. The van der Waals surface area contributed by atoms with Crippen molar-refractivity contribution in [2.24, 2.45) is 0 Å². The average Bonchev–Trinajstić information content (AvgIpc) is 2.55. The number of halogens is 2. The van der Waals surface area contributed by atoms with Crippen molar-refractivity contribution in [3.8, 4) is 0 Å². The number of nitrogens with zero attached hydrogens (tertiary/aromatic N) is 1. The smallest absolute Gasteiger partial charge is 0.125 e. The van der Waals surface area contributed by atoms with Gasteiger partial charge in [-0.05, 0) is 42.5 Å². The second-order valence-corrected chi connectivity index (χ2v) is 6.22. The van der Waals surface area contributed by atoms with Crippen LogP contribution in [0.15, 0.2) is 71.2 Å². The Kier molecular flexibility index (Phi) is 3.46. The van der Waals surface area contributed by atoms with Crippen LogP contribution in [-0.4, -0.2) is 4.98 Å². The molecule has 0 saturated heterocycles. The van der Waals surface area contributed by atoms with Gasteiger partial charge in [0.1, 0.15) is 5.82 Å². The summed E-state index contributed by atoms with van der Waals surface area (Å²) in [6.07, 6.45) is 0. The van der Waals surface area contributed by atoms with Gasteiger partial charge in [0.25, 0.3) is 0 Å². The van der Waals surface area contributed by atoms with Gasteiger partial charge in [-0.3, -0.25) is 0 Å². The maximum atomic E-state index is 13.5. The zero-order valence-corrected chi connectivity index (χ0v) is 13.6. The molecule has 0 aliphatic carbocycles. The van der Waals surface area contributed by atoms with Gasteiger partial charge >= 0.3 is 0 Å². The number of anilines is 2. The van der Waals surface area contributed by atoms with Gasteiger partial charge in [-0.1, -0.05) is 40.2 Å². The predicted octanol–water partition coefficient (Wildman–Crippen LogP) is 6.03. The van der Waals surface area contributed by atoms with E-state index in [4.69, 9.17) is 4.98 Å². The van der Waals surface area contributed by atoms with Gasteiger partial charge in [0, 0.05) is 20.9 Å². The molecule has 0 bridgehead atoms. The molecule has 23 heavy (non-hydrogen) atoms. The van der Waals surface area contributed by atoms with Crippen molar-refractivity contribution in [3.63, 3.8) is 0 Å². The summed E-state index contributed by atoms with van der Waals surface area (Å²) >= 11 is 3.51. The molecule has 0 radical (unpaired) electrons. The molecule has 1 heterocycles. The highest BCUT2D eigenvalue weighted by Gasteiger charge is 2.10. The number of hydrogen-bond acceptors (Lipinski definition) is 2. The standard InChI is InChI=1S/C19H12BrFN2/c20-12-8-9-18-16(10-12)19(15-6-1-2-7-17(15)23-18)22-14-5-3-4-13(21)11-14/h1-11H,(H,22,23). The summed E-state index contributed by atoms with van der Waals surface area (Å²) in [5, 5.41) is 5.35. The summed E-state index contributed by atoms with van der Waals surface area (Å²) in [4.78, 5) is 4.70. The maximum absolute atomic E-state index is 13.5. The van der Waals surface area contributed by atoms with Gasteiger partial charge in [-0.15, -0.1) is 0 Å². The van der Waals surface area contributed by atoms with E-state index in [1.807, 2.05) is 48.5 Å². The van der Waals surface area contributed by atoms with Gasteiger partial charge in [0.05, 0.1) is 16.7 Å². The van der Waals surface area contributed by atoms with Crippen molar-refractivity contribution < 1.29 is 4.39 Å². The molecule has 0 aliphatic rings. The molecule has 0 saturated carbocycles. The first-order valence-corrected chi connectivity index (χ1v) is 8.00. The Morgan fingerprint density at radius 2 is 1.65 bits per heavy atom. The molecule has 4 aromatic rings. The normalized spacial score (nSPS) is 11.0. The van der Waals surface area contributed by atoms with E-state index >= 15 is 0 Å². The summed E-state index contributed by atoms with van der Waals surface area (Å²) in [5.41, 5.74) is 3.44. The Hall–Kier alpha value is -2.46. The van der Waals surface area contributed by atoms with Crippen molar-refractivity contribution in [3.05, 3.63) is 77.0 Å². The van der Waals surface area contributed by atoms with E-state index in [1.165, 1.54) is 12.1 Å². The summed E-state index contributed by atoms with van der Waals surface area (Å²) in [5.74, 6) is -0.265. The molecule has 0 spiro atoms. The molecule has 0 unspecified atom stereocenters. The number of nitrogens with one attached hydrogen (secondary N) is 1. The van der Waals surface area contributed by atoms with Gasteiger partial charge in [-0.2, -0.15) is 0 Å². The Labute approximate surface area is 141 Å². The summed E-state index contributed by atoms with van der Waals surface area (Å²) < 4.78 is 14.5. The molecule has 4 heteroatoms. The number of rotatable bonds is 2. The molecule has 3 aromatic carbocycles. The summed E-state index contributed by atoms with van der Waals surface area (Å²) in [6.45, 7) is 0. The number of benzene rings is 3. The predicted molar refractivity (Wildman–Crippen MR) is 96.6 cm³/mol. The lowest BCUT2D eigenvalue weighted by Gasteiger charge is -2.13. The minimum absolute atomic E-state index is 0.265. The number of hydrogen-bond donors (Lipinski definition) is 1. The van der Waals surface area contributed by atoms with E-state index in [2.05, 4.69) is 21.2 Å². The van der Waals surface area contributed by atoms with Crippen LogP contribution in [0.25, 0.3) is 21.8 Å². The second-order valence-electron chi connectivity index (χ2n) is 5.30. The molecule has 0 aliphatic heterocycles. The second kappa shape index (κ2) is 5.63. The average molecular weight is 367 g/mol. The third-order valence-corrected chi connectivity index (χ3v) is 4.23. The fourth-order valence-corrected chi connectivity index (χ4v) is 3.07. The Balaban J connectivity index is 2.01. The van der Waals surface area contributed by atoms with Crippen LogP contribution in [0.3, 0.4) is 0 Å². The summed E-state index contributed by atoms with van der Waals surface area (Å²) in [6, 6.07) is 20.4. The van der Waals surface area contributed by atoms with Crippen molar-refractivity contribution >= 4 is 49.1 Å². The largest absolute Gasteiger partial charge is 0.354 e. The van der Waals surface area contributed by atoms with Crippen molar-refractivity contribution in [2.45, 2.75) is 0 Å². The van der Waals surface area contributed by atoms with Crippen LogP contribution in [-0.2, 0) is 0 Å². The molecule has 2 nitrogen and oxygen atoms in total. The van der Waals surface area contributed by atoms with E-state index in [1.54, 1.807) is 6.07 Å². The minimum Gasteiger partial charge on any atom is -0.354 e. The number of pyridine rings is 1. The van der Waals surface area contributed by atoms with Crippen molar-refractivity contribution in [2.75, 3.05) is 5.32 Å². The van der Waals surface area contributed by atoms with E-state index < -0.39 is 0 Å². The van der Waals surface area contributed by atoms with Crippen LogP contribution in [0.5, 0.6) is 0 Å². The molecule has 0 fully saturated rings. The molecular weight excluding hydrogens is 355 g/mol. The van der Waals surface area contributed by atoms with Crippen LogP contribution in [0, 0.1) is 5.82 Å². The lowest BCUT2D eigenvalue weighted by atomic mass is 10.1. The molecule has 0 amide bonds. The topological polar surface area (TPSA) is 24.9 Å². The van der Waals surface area contributed by atoms with E-state index in [9.17, 15) is 4.39 Å². The highest BCUT2D eigenvalue weighted by atomic mass is 79.9. The fraction of sp³-hybridized carbons (Fsp3) is 0. The van der Waals surface area contributed by atoms with Gasteiger partial charge in [0.2, 0.25) is 0 Å².